The molecule has 2 aromatic carbocycles. The van der Waals surface area contributed by atoms with Gasteiger partial charge in [-0.3, -0.25) is 0 Å². The molecule has 0 aliphatic rings. The number of benzene rings is 2. The van der Waals surface area contributed by atoms with E-state index in [-0.39, 0.29) is 0 Å². The number of methoxy groups -OCH3 is 1. The zero-order valence-electron chi connectivity index (χ0n) is 15.8. The molecule has 2 heterocycles. The summed E-state index contributed by atoms with van der Waals surface area (Å²) in [4.78, 5) is 4.48. The molecule has 0 aliphatic carbocycles. The van der Waals surface area contributed by atoms with Crippen LogP contribution in [0.2, 0.25) is 0 Å². The van der Waals surface area contributed by atoms with Crippen LogP contribution in [0.4, 0.5) is 0 Å². The summed E-state index contributed by atoms with van der Waals surface area (Å²) in [5.74, 6) is 2.75. The predicted octanol–water partition coefficient (Wildman–Crippen LogP) is 3.41. The number of tetrazole rings is 1. The highest BCUT2D eigenvalue weighted by molar-refractivity contribution is 7.98. The lowest BCUT2D eigenvalue weighted by molar-refractivity contribution is 0.341. The third kappa shape index (κ3) is 4.06. The Balaban J connectivity index is 1.52. The quantitative estimate of drug-likeness (QED) is 0.404. The molecule has 0 N–H and O–H groups in total. The minimum absolute atomic E-state index is 0.416. The second-order valence-corrected chi connectivity index (χ2v) is 6.72. The van der Waals surface area contributed by atoms with Gasteiger partial charge in [0.05, 0.1) is 25.0 Å². The highest BCUT2D eigenvalue weighted by atomic mass is 32.2. The van der Waals surface area contributed by atoms with Gasteiger partial charge in [0.15, 0.2) is 0 Å². The largest absolute Gasteiger partial charge is 0.494 e. The zero-order valence-corrected chi connectivity index (χ0v) is 16.7. The van der Waals surface area contributed by atoms with Crippen molar-refractivity contribution in [2.75, 3.05) is 13.7 Å². The van der Waals surface area contributed by atoms with Crippen LogP contribution in [0.3, 0.4) is 0 Å². The first-order chi connectivity index (χ1) is 14.3. The highest BCUT2D eigenvalue weighted by Crippen LogP contribution is 2.30. The van der Waals surface area contributed by atoms with Crippen molar-refractivity contribution < 1.29 is 14.0 Å². The minimum Gasteiger partial charge on any atom is -0.494 e. The first-order valence-electron chi connectivity index (χ1n) is 8.89. The van der Waals surface area contributed by atoms with E-state index in [4.69, 9.17) is 14.0 Å². The van der Waals surface area contributed by atoms with Gasteiger partial charge in [-0.15, -0.1) is 5.10 Å². The number of nitrogens with zero attached hydrogens (tertiary/aromatic N) is 6. The van der Waals surface area contributed by atoms with E-state index in [2.05, 4.69) is 25.7 Å². The summed E-state index contributed by atoms with van der Waals surface area (Å²) in [6, 6.07) is 15.1. The van der Waals surface area contributed by atoms with Gasteiger partial charge in [0, 0.05) is 0 Å². The molecular weight excluding hydrogens is 392 g/mol. The van der Waals surface area contributed by atoms with E-state index >= 15 is 0 Å². The molecule has 0 spiro atoms. The number of hydrogen-bond donors (Lipinski definition) is 0. The molecule has 2 aromatic heterocycles. The third-order valence-corrected chi connectivity index (χ3v) is 4.88. The first kappa shape index (κ1) is 18.9. The number of aromatic nitrogens is 6. The Hall–Kier alpha value is -3.40. The molecule has 4 rings (SSSR count). The third-order valence-electron chi connectivity index (χ3n) is 3.97. The molecule has 9 nitrogen and oxygen atoms in total. The number of hydrogen-bond acceptors (Lipinski definition) is 9. The molecule has 0 atom stereocenters. The van der Waals surface area contributed by atoms with Crippen molar-refractivity contribution in [2.24, 2.45) is 0 Å². The van der Waals surface area contributed by atoms with E-state index in [0.29, 0.717) is 35.0 Å². The van der Waals surface area contributed by atoms with Crippen molar-refractivity contribution in [1.82, 2.24) is 30.3 Å². The molecule has 0 radical (unpaired) electrons. The summed E-state index contributed by atoms with van der Waals surface area (Å²) in [6.07, 6.45) is 0. The van der Waals surface area contributed by atoms with E-state index in [1.54, 1.807) is 11.8 Å². The van der Waals surface area contributed by atoms with Crippen LogP contribution >= 0.6 is 11.8 Å². The molecule has 0 bridgehead atoms. The molecule has 4 aromatic rings. The van der Waals surface area contributed by atoms with E-state index < -0.39 is 0 Å². The molecular formula is C19H18N6O3S. The summed E-state index contributed by atoms with van der Waals surface area (Å²) in [5.41, 5.74) is 1.53. The molecule has 0 unspecified atom stereocenters. The minimum atomic E-state index is 0.416. The highest BCUT2D eigenvalue weighted by Gasteiger charge is 2.17. The van der Waals surface area contributed by atoms with Gasteiger partial charge in [0.1, 0.15) is 17.2 Å². The van der Waals surface area contributed by atoms with Crippen LogP contribution in [-0.4, -0.2) is 44.1 Å². The molecule has 148 valence electrons. The lowest BCUT2D eigenvalue weighted by atomic mass is 10.2. The maximum atomic E-state index is 5.64. The van der Waals surface area contributed by atoms with Gasteiger partial charge >= 0.3 is 0 Å². The monoisotopic (exact) mass is 410 g/mol. The fraction of sp³-hybridized carbons (Fsp3) is 0.211. The zero-order chi connectivity index (χ0) is 20.1. The fourth-order valence-corrected chi connectivity index (χ4v) is 3.43. The number of ether oxygens (including phenoxy) is 2. The SMILES string of the molecule is CCOc1ccccc1-c1noc(CSc2nnnn2-c2ccccc2OC)n1. The Morgan fingerprint density at radius 1 is 1.07 bits per heavy atom. The molecule has 29 heavy (non-hydrogen) atoms. The van der Waals surface area contributed by atoms with Crippen LogP contribution in [0.15, 0.2) is 58.2 Å². The van der Waals surface area contributed by atoms with Crippen molar-refractivity contribution >= 4 is 11.8 Å². The molecule has 0 fully saturated rings. The average molecular weight is 410 g/mol. The van der Waals surface area contributed by atoms with Crippen LogP contribution in [0.25, 0.3) is 17.1 Å². The Kier molecular flexibility index (Phi) is 5.71. The maximum Gasteiger partial charge on any atom is 0.237 e. The predicted molar refractivity (Wildman–Crippen MR) is 106 cm³/mol. The van der Waals surface area contributed by atoms with Crippen LogP contribution in [-0.2, 0) is 5.75 Å². The van der Waals surface area contributed by atoms with Crippen molar-refractivity contribution in [3.8, 4) is 28.6 Å². The Morgan fingerprint density at radius 3 is 2.69 bits per heavy atom. The molecule has 0 saturated carbocycles. The number of para-hydroxylation sites is 3. The molecule has 0 amide bonds. The Bertz CT molecular complexity index is 1100. The second-order valence-electron chi connectivity index (χ2n) is 5.77. The van der Waals surface area contributed by atoms with Crippen LogP contribution in [0.1, 0.15) is 12.8 Å². The van der Waals surface area contributed by atoms with E-state index in [1.807, 2.05) is 55.5 Å². The van der Waals surface area contributed by atoms with Gasteiger partial charge in [-0.25, -0.2) is 0 Å². The van der Waals surface area contributed by atoms with Gasteiger partial charge in [0.25, 0.3) is 0 Å². The lowest BCUT2D eigenvalue weighted by Gasteiger charge is -2.08. The molecule has 10 heteroatoms. The standard InChI is InChI=1S/C19H18N6O3S/c1-3-27-15-10-6-4-8-13(15)18-20-17(28-22-18)12-29-19-21-23-24-25(19)14-9-5-7-11-16(14)26-2/h4-11H,3,12H2,1-2H3. The van der Waals surface area contributed by atoms with E-state index in [9.17, 15) is 0 Å². The van der Waals surface area contributed by atoms with Crippen LogP contribution < -0.4 is 9.47 Å². The summed E-state index contributed by atoms with van der Waals surface area (Å²) in [6.45, 7) is 2.49. The van der Waals surface area contributed by atoms with Gasteiger partial charge in [-0.05, 0) is 41.6 Å². The summed E-state index contributed by atoms with van der Waals surface area (Å²) >= 11 is 1.39. The van der Waals surface area contributed by atoms with Crippen molar-refractivity contribution in [3.05, 3.63) is 54.4 Å². The topological polar surface area (TPSA) is 101 Å². The van der Waals surface area contributed by atoms with Crippen molar-refractivity contribution in [2.45, 2.75) is 17.8 Å². The lowest BCUT2D eigenvalue weighted by Crippen LogP contribution is -2.01. The Morgan fingerprint density at radius 2 is 1.86 bits per heavy atom. The van der Waals surface area contributed by atoms with Gasteiger partial charge in [0.2, 0.25) is 16.9 Å². The van der Waals surface area contributed by atoms with Crippen molar-refractivity contribution in [1.29, 1.82) is 0 Å². The smallest absolute Gasteiger partial charge is 0.237 e. The average Bonchev–Trinajstić information content (AvgIpc) is 3.42. The normalized spacial score (nSPS) is 10.8. The summed E-state index contributed by atoms with van der Waals surface area (Å²) in [7, 11) is 1.61. The van der Waals surface area contributed by atoms with Crippen molar-refractivity contribution in [3.63, 3.8) is 0 Å². The fourth-order valence-electron chi connectivity index (χ4n) is 2.71. The summed E-state index contributed by atoms with van der Waals surface area (Å²) < 4.78 is 18.0. The first-order valence-corrected chi connectivity index (χ1v) is 9.88. The van der Waals surface area contributed by atoms with Gasteiger partial charge in [-0.1, -0.05) is 41.2 Å². The summed E-state index contributed by atoms with van der Waals surface area (Å²) in [5, 5.41) is 16.6. The Labute approximate surface area is 171 Å². The van der Waals surface area contributed by atoms with E-state index in [0.717, 1.165) is 17.0 Å². The van der Waals surface area contributed by atoms with Crippen LogP contribution in [0.5, 0.6) is 11.5 Å². The van der Waals surface area contributed by atoms with E-state index in [1.165, 1.54) is 11.8 Å². The molecule has 0 saturated heterocycles. The second kappa shape index (κ2) is 8.74. The van der Waals surface area contributed by atoms with Gasteiger partial charge in [-0.2, -0.15) is 9.67 Å². The molecule has 0 aliphatic heterocycles. The number of thioether (sulfide) groups is 1. The van der Waals surface area contributed by atoms with Gasteiger partial charge < -0.3 is 14.0 Å². The number of rotatable bonds is 8. The maximum absolute atomic E-state index is 5.64. The van der Waals surface area contributed by atoms with Crippen LogP contribution in [0, 0.1) is 0 Å².